The van der Waals surface area contributed by atoms with Gasteiger partial charge in [-0.15, -0.1) is 0 Å². The number of nitrogen functional groups attached to an aromatic ring is 1. The molecule has 0 unspecified atom stereocenters. The fraction of sp³-hybridized carbons (Fsp3) is 0.269. The van der Waals surface area contributed by atoms with E-state index in [0.717, 1.165) is 24.3 Å². The minimum absolute atomic E-state index is 0.0689. The number of rotatable bonds is 5. The van der Waals surface area contributed by atoms with Crippen LogP contribution in [0, 0.1) is 0 Å². The summed E-state index contributed by atoms with van der Waals surface area (Å²) in [5, 5.41) is 8.47. The Morgan fingerprint density at radius 3 is 2.44 bits per heavy atom. The second-order valence-electron chi connectivity index (χ2n) is 9.26. The second kappa shape index (κ2) is 10.9. The maximum absolute atomic E-state index is 14.1. The van der Waals surface area contributed by atoms with E-state index in [9.17, 15) is 31.1 Å². The number of hydrogen-bond donors (Lipinski definition) is 3. The van der Waals surface area contributed by atoms with Crippen molar-refractivity contribution in [2.75, 3.05) is 42.7 Å². The number of anilines is 3. The van der Waals surface area contributed by atoms with Crippen LogP contribution in [0.25, 0.3) is 16.6 Å². The van der Waals surface area contributed by atoms with Crippen molar-refractivity contribution in [2.24, 2.45) is 0 Å². The van der Waals surface area contributed by atoms with Gasteiger partial charge in [-0.05, 0) is 42.0 Å². The first-order chi connectivity index (χ1) is 19.4. The van der Waals surface area contributed by atoms with Gasteiger partial charge in [0, 0.05) is 30.9 Å². The lowest BCUT2D eigenvalue weighted by Crippen LogP contribution is -2.36. The largest absolute Gasteiger partial charge is 0.418 e. The molecule has 4 N–H and O–H groups in total. The molecule has 15 heteroatoms. The molecular formula is C26H23F6N7O2. The Hall–Kier alpha value is -4.37. The molecule has 0 saturated carbocycles. The molecule has 216 valence electrons. The zero-order valence-electron chi connectivity index (χ0n) is 21.2. The number of nitrogens with one attached hydrogen (secondary N) is 2. The van der Waals surface area contributed by atoms with Crippen LogP contribution in [0.4, 0.5) is 48.3 Å². The molecule has 0 atom stereocenters. The number of alkyl halides is 6. The van der Waals surface area contributed by atoms with Crippen molar-refractivity contribution in [1.29, 1.82) is 0 Å². The molecule has 2 aromatic heterocycles. The normalized spacial score (nSPS) is 14.8. The van der Waals surface area contributed by atoms with E-state index < -0.39 is 35.2 Å². The van der Waals surface area contributed by atoms with Gasteiger partial charge in [0.2, 0.25) is 0 Å². The van der Waals surface area contributed by atoms with Crippen molar-refractivity contribution in [3.8, 4) is 11.1 Å². The predicted molar refractivity (Wildman–Crippen MR) is 138 cm³/mol. The summed E-state index contributed by atoms with van der Waals surface area (Å²) in [7, 11) is 0. The maximum atomic E-state index is 14.1. The van der Waals surface area contributed by atoms with E-state index in [4.69, 9.17) is 10.5 Å². The summed E-state index contributed by atoms with van der Waals surface area (Å²) in [6, 6.07) is 7.57. The zero-order chi connectivity index (χ0) is 29.4. The van der Waals surface area contributed by atoms with Crippen LogP contribution in [0.3, 0.4) is 0 Å². The number of morpholine rings is 1. The van der Waals surface area contributed by atoms with Crippen LogP contribution in [0.15, 0.2) is 54.9 Å². The number of urea groups is 1. The van der Waals surface area contributed by atoms with Gasteiger partial charge in [0.15, 0.2) is 5.82 Å². The highest BCUT2D eigenvalue weighted by molar-refractivity contribution is 6.00. The molecular weight excluding hydrogens is 556 g/mol. The van der Waals surface area contributed by atoms with Crippen LogP contribution in [-0.4, -0.2) is 51.8 Å². The summed E-state index contributed by atoms with van der Waals surface area (Å²) < 4.78 is 88.3. The lowest BCUT2D eigenvalue weighted by atomic mass is 10.0. The van der Waals surface area contributed by atoms with Gasteiger partial charge in [-0.25, -0.2) is 14.3 Å². The van der Waals surface area contributed by atoms with Crippen molar-refractivity contribution >= 4 is 28.7 Å². The van der Waals surface area contributed by atoms with Crippen LogP contribution < -0.4 is 16.4 Å². The summed E-state index contributed by atoms with van der Waals surface area (Å²) in [6.45, 7) is 2.90. The fourth-order valence-corrected chi connectivity index (χ4v) is 4.57. The number of carbonyl (C=O) groups is 1. The van der Waals surface area contributed by atoms with Crippen LogP contribution >= 0.6 is 0 Å². The average molecular weight is 580 g/mol. The summed E-state index contributed by atoms with van der Waals surface area (Å²) in [5.41, 5.74) is 4.60. The van der Waals surface area contributed by atoms with Crippen molar-refractivity contribution in [3.63, 3.8) is 0 Å². The fourth-order valence-electron chi connectivity index (χ4n) is 4.57. The number of fused-ring (bicyclic) bond motifs is 1. The van der Waals surface area contributed by atoms with Crippen molar-refractivity contribution in [2.45, 2.75) is 18.9 Å². The Bertz CT molecular complexity index is 1580. The van der Waals surface area contributed by atoms with Crippen molar-refractivity contribution in [3.05, 3.63) is 71.7 Å². The maximum Gasteiger partial charge on any atom is 0.418 e. The van der Waals surface area contributed by atoms with Crippen molar-refractivity contribution in [1.82, 2.24) is 19.5 Å². The lowest BCUT2D eigenvalue weighted by molar-refractivity contribution is -0.138. The molecule has 4 aromatic rings. The number of halogens is 6. The third-order valence-corrected chi connectivity index (χ3v) is 6.48. The molecule has 1 saturated heterocycles. The van der Waals surface area contributed by atoms with Gasteiger partial charge in [-0.3, -0.25) is 4.90 Å². The molecule has 0 bridgehead atoms. The van der Waals surface area contributed by atoms with Gasteiger partial charge < -0.3 is 21.1 Å². The van der Waals surface area contributed by atoms with Gasteiger partial charge in [-0.1, -0.05) is 12.1 Å². The number of nitrogens with zero attached hydrogens (tertiary/aromatic N) is 4. The highest BCUT2D eigenvalue weighted by Gasteiger charge is 2.35. The Labute approximate surface area is 228 Å². The first-order valence-corrected chi connectivity index (χ1v) is 12.3. The molecule has 3 heterocycles. The molecule has 0 aliphatic carbocycles. The van der Waals surface area contributed by atoms with Gasteiger partial charge in [0.1, 0.15) is 11.8 Å². The summed E-state index contributed by atoms with van der Waals surface area (Å²) >= 11 is 0. The van der Waals surface area contributed by atoms with E-state index in [1.54, 1.807) is 6.07 Å². The standard InChI is InChI=1S/C26H23F6N7O2/c27-25(28,29)16-2-1-3-17(11-16)36-24(40)37-21-5-4-15(10-20(21)26(30,31)32)19-12-18(13-38-6-8-41-9-7-38)39-22(19)23(33)34-14-35-39/h1-5,10-12,14H,6-9,13H2,(H2,33,34,35)(H2,36,37,40). The number of nitrogens with two attached hydrogens (primary N) is 1. The molecule has 9 nitrogen and oxygen atoms in total. The summed E-state index contributed by atoms with van der Waals surface area (Å²) in [6.07, 6.45) is -8.29. The molecule has 0 spiro atoms. The van der Waals surface area contributed by atoms with E-state index in [2.05, 4.69) is 25.6 Å². The van der Waals surface area contributed by atoms with E-state index in [0.29, 0.717) is 55.7 Å². The van der Waals surface area contributed by atoms with E-state index in [1.165, 1.54) is 23.0 Å². The molecule has 1 aliphatic heterocycles. The quantitative estimate of drug-likeness (QED) is 0.270. The number of benzene rings is 2. The van der Waals surface area contributed by atoms with Crippen LogP contribution in [-0.2, 0) is 23.6 Å². The Morgan fingerprint density at radius 1 is 0.976 bits per heavy atom. The van der Waals surface area contributed by atoms with Crippen LogP contribution in [0.5, 0.6) is 0 Å². The third-order valence-electron chi connectivity index (χ3n) is 6.48. The van der Waals surface area contributed by atoms with Crippen LogP contribution in [0.1, 0.15) is 16.8 Å². The number of ether oxygens (including phenoxy) is 1. The molecule has 41 heavy (non-hydrogen) atoms. The first-order valence-electron chi connectivity index (χ1n) is 12.3. The predicted octanol–water partition coefficient (Wildman–Crippen LogP) is 5.49. The summed E-state index contributed by atoms with van der Waals surface area (Å²) in [4.78, 5) is 18.6. The summed E-state index contributed by atoms with van der Waals surface area (Å²) in [5.74, 6) is 0.0689. The lowest BCUT2D eigenvalue weighted by Gasteiger charge is -2.26. The molecule has 0 radical (unpaired) electrons. The highest BCUT2D eigenvalue weighted by Crippen LogP contribution is 2.40. The van der Waals surface area contributed by atoms with Gasteiger partial charge in [0.25, 0.3) is 0 Å². The average Bonchev–Trinajstić information content (AvgIpc) is 3.28. The van der Waals surface area contributed by atoms with E-state index >= 15 is 0 Å². The molecule has 1 fully saturated rings. The number of carbonyl (C=O) groups excluding carboxylic acids is 1. The van der Waals surface area contributed by atoms with Crippen LogP contribution in [0.2, 0.25) is 0 Å². The molecule has 2 amide bonds. The molecule has 1 aliphatic rings. The van der Waals surface area contributed by atoms with E-state index in [-0.39, 0.29) is 17.1 Å². The third kappa shape index (κ3) is 6.20. The molecule has 5 rings (SSSR count). The van der Waals surface area contributed by atoms with Gasteiger partial charge in [0.05, 0.1) is 35.7 Å². The minimum atomic E-state index is -4.89. The van der Waals surface area contributed by atoms with Gasteiger partial charge >= 0.3 is 18.4 Å². The minimum Gasteiger partial charge on any atom is -0.382 e. The zero-order valence-corrected chi connectivity index (χ0v) is 21.2. The number of aromatic nitrogens is 3. The number of hydrogen-bond acceptors (Lipinski definition) is 6. The first kappa shape index (κ1) is 28.2. The second-order valence-corrected chi connectivity index (χ2v) is 9.26. The Balaban J connectivity index is 1.46. The monoisotopic (exact) mass is 579 g/mol. The highest BCUT2D eigenvalue weighted by atomic mass is 19.4. The van der Waals surface area contributed by atoms with E-state index in [1.807, 2.05) is 0 Å². The van der Waals surface area contributed by atoms with Gasteiger partial charge in [-0.2, -0.15) is 31.4 Å². The number of amides is 2. The molecule has 2 aromatic carbocycles. The topological polar surface area (TPSA) is 110 Å². The Kier molecular flexibility index (Phi) is 7.48. The Morgan fingerprint density at radius 2 is 1.73 bits per heavy atom. The smallest absolute Gasteiger partial charge is 0.382 e. The van der Waals surface area contributed by atoms with Crippen molar-refractivity contribution < 1.29 is 35.9 Å². The SMILES string of the molecule is Nc1ncnn2c(CN3CCOCC3)cc(-c3ccc(NC(=O)Nc4cccc(C(F)(F)F)c4)c(C(F)(F)F)c3)c12.